The number of carbonyl (C=O) groups excluding carboxylic acids is 1. The number of benzene rings is 2. The molecule has 0 atom stereocenters. The monoisotopic (exact) mass is 320 g/mol. The van der Waals surface area contributed by atoms with Crippen LogP contribution >= 0.6 is 0 Å². The molecule has 6 heteroatoms. The number of aryl methyl sites for hydroxylation is 2. The molecule has 0 aliphatic carbocycles. The van der Waals surface area contributed by atoms with E-state index in [1.807, 2.05) is 30.7 Å². The van der Waals surface area contributed by atoms with E-state index in [4.69, 9.17) is 4.42 Å². The standard InChI is InChI=1S/C18H16N4O2/c1-10-4-7-15-14(8-10)19-17(22(15)3)21-18-20-13-6-5-12(11(2)23)9-16(13)24-18/h4-9H,1-3H3,(H,19,20,21). The van der Waals surface area contributed by atoms with Gasteiger partial charge in [-0.05, 0) is 49.7 Å². The summed E-state index contributed by atoms with van der Waals surface area (Å²) in [6.45, 7) is 3.56. The Morgan fingerprint density at radius 1 is 1.12 bits per heavy atom. The molecule has 0 aliphatic rings. The van der Waals surface area contributed by atoms with Crippen molar-refractivity contribution in [2.45, 2.75) is 13.8 Å². The maximum absolute atomic E-state index is 11.5. The number of fused-ring (bicyclic) bond motifs is 2. The number of aromatic nitrogens is 3. The Morgan fingerprint density at radius 3 is 2.75 bits per heavy atom. The third kappa shape index (κ3) is 2.32. The summed E-state index contributed by atoms with van der Waals surface area (Å²) in [6, 6.07) is 11.7. The van der Waals surface area contributed by atoms with Crippen LogP contribution < -0.4 is 5.32 Å². The van der Waals surface area contributed by atoms with Crippen LogP contribution in [0.5, 0.6) is 0 Å². The molecule has 0 unspecified atom stereocenters. The van der Waals surface area contributed by atoms with Gasteiger partial charge in [0.15, 0.2) is 11.4 Å². The van der Waals surface area contributed by atoms with E-state index < -0.39 is 0 Å². The average Bonchev–Trinajstić information content (AvgIpc) is 3.07. The van der Waals surface area contributed by atoms with Crippen LogP contribution in [0.3, 0.4) is 0 Å². The second-order valence-corrected chi connectivity index (χ2v) is 5.87. The van der Waals surface area contributed by atoms with E-state index in [2.05, 4.69) is 21.4 Å². The molecule has 0 fully saturated rings. The maximum atomic E-state index is 11.5. The lowest BCUT2D eigenvalue weighted by Crippen LogP contribution is -1.98. The zero-order chi connectivity index (χ0) is 16.8. The number of nitrogens with one attached hydrogen (secondary N) is 1. The van der Waals surface area contributed by atoms with E-state index in [-0.39, 0.29) is 5.78 Å². The number of rotatable bonds is 3. The average molecular weight is 320 g/mol. The van der Waals surface area contributed by atoms with Gasteiger partial charge in [0, 0.05) is 12.6 Å². The molecule has 0 radical (unpaired) electrons. The summed E-state index contributed by atoms with van der Waals surface area (Å²) < 4.78 is 7.66. The van der Waals surface area contributed by atoms with Gasteiger partial charge in [-0.15, -0.1) is 0 Å². The molecule has 120 valence electrons. The van der Waals surface area contributed by atoms with Gasteiger partial charge in [-0.3, -0.25) is 10.1 Å². The maximum Gasteiger partial charge on any atom is 0.302 e. The predicted molar refractivity (Wildman–Crippen MR) is 92.7 cm³/mol. The van der Waals surface area contributed by atoms with Crippen molar-refractivity contribution >= 4 is 39.9 Å². The highest BCUT2D eigenvalue weighted by atomic mass is 16.4. The van der Waals surface area contributed by atoms with Gasteiger partial charge in [0.25, 0.3) is 0 Å². The first-order valence-electron chi connectivity index (χ1n) is 7.63. The molecule has 6 nitrogen and oxygen atoms in total. The number of anilines is 2. The summed E-state index contributed by atoms with van der Waals surface area (Å²) in [5.74, 6) is 0.641. The van der Waals surface area contributed by atoms with Gasteiger partial charge in [-0.2, -0.15) is 4.98 Å². The Hall–Kier alpha value is -3.15. The first kappa shape index (κ1) is 14.4. The second kappa shape index (κ2) is 5.19. The first-order valence-corrected chi connectivity index (χ1v) is 7.63. The Morgan fingerprint density at radius 2 is 1.96 bits per heavy atom. The summed E-state index contributed by atoms with van der Waals surface area (Å²) in [7, 11) is 1.93. The van der Waals surface area contributed by atoms with Crippen LogP contribution in [0.4, 0.5) is 12.0 Å². The molecular formula is C18H16N4O2. The summed E-state index contributed by atoms with van der Waals surface area (Å²) in [5, 5.41) is 3.11. The summed E-state index contributed by atoms with van der Waals surface area (Å²) in [5.41, 5.74) is 4.96. The minimum Gasteiger partial charge on any atom is -0.423 e. The Kier molecular flexibility index (Phi) is 3.13. The van der Waals surface area contributed by atoms with E-state index in [1.54, 1.807) is 18.2 Å². The van der Waals surface area contributed by atoms with E-state index in [0.29, 0.717) is 28.6 Å². The van der Waals surface area contributed by atoms with Crippen molar-refractivity contribution in [1.29, 1.82) is 0 Å². The van der Waals surface area contributed by atoms with Crippen LogP contribution in [-0.4, -0.2) is 20.3 Å². The van der Waals surface area contributed by atoms with Gasteiger partial charge in [0.2, 0.25) is 5.95 Å². The fourth-order valence-corrected chi connectivity index (χ4v) is 2.71. The zero-order valence-corrected chi connectivity index (χ0v) is 13.6. The van der Waals surface area contributed by atoms with Crippen LogP contribution in [0.1, 0.15) is 22.8 Å². The number of Topliss-reactive ketones (excluding diaryl/α,β-unsaturated/α-hetero) is 1. The number of hydrogen-bond donors (Lipinski definition) is 1. The summed E-state index contributed by atoms with van der Waals surface area (Å²) in [6.07, 6.45) is 0. The summed E-state index contributed by atoms with van der Waals surface area (Å²) in [4.78, 5) is 20.4. The fraction of sp³-hybridized carbons (Fsp3) is 0.167. The molecule has 24 heavy (non-hydrogen) atoms. The van der Waals surface area contributed by atoms with E-state index in [0.717, 1.165) is 16.6 Å². The molecule has 2 aromatic carbocycles. The lowest BCUT2D eigenvalue weighted by molar-refractivity contribution is 0.101. The quantitative estimate of drug-likeness (QED) is 0.578. The van der Waals surface area contributed by atoms with Gasteiger partial charge in [-0.25, -0.2) is 4.98 Å². The SMILES string of the molecule is CC(=O)c1ccc2nc(Nc3nc4cc(C)ccc4n3C)oc2c1. The molecule has 4 aromatic rings. The van der Waals surface area contributed by atoms with Gasteiger partial charge in [0.1, 0.15) is 5.52 Å². The third-order valence-electron chi connectivity index (χ3n) is 4.05. The van der Waals surface area contributed by atoms with Gasteiger partial charge in [-0.1, -0.05) is 6.07 Å². The molecule has 0 saturated heterocycles. The lowest BCUT2D eigenvalue weighted by Gasteiger charge is -2.01. The Bertz CT molecular complexity index is 1090. The molecule has 1 N–H and O–H groups in total. The topological polar surface area (TPSA) is 73.0 Å². The normalized spacial score (nSPS) is 11.3. The van der Waals surface area contributed by atoms with E-state index in [1.165, 1.54) is 6.92 Å². The van der Waals surface area contributed by atoms with Crippen molar-refractivity contribution < 1.29 is 9.21 Å². The van der Waals surface area contributed by atoms with Gasteiger partial charge >= 0.3 is 6.01 Å². The number of oxazole rings is 1. The largest absolute Gasteiger partial charge is 0.423 e. The van der Waals surface area contributed by atoms with Crippen LogP contribution in [-0.2, 0) is 7.05 Å². The van der Waals surface area contributed by atoms with Crippen molar-refractivity contribution in [3.05, 3.63) is 47.5 Å². The van der Waals surface area contributed by atoms with E-state index in [9.17, 15) is 4.79 Å². The molecule has 4 rings (SSSR count). The molecule has 0 saturated carbocycles. The Labute approximate surface area is 138 Å². The molecule has 0 aliphatic heterocycles. The number of carbonyl (C=O) groups is 1. The minimum atomic E-state index is -0.00599. The van der Waals surface area contributed by atoms with Gasteiger partial charge < -0.3 is 8.98 Å². The summed E-state index contributed by atoms with van der Waals surface area (Å²) >= 11 is 0. The zero-order valence-electron chi connectivity index (χ0n) is 13.6. The molecule has 2 heterocycles. The third-order valence-corrected chi connectivity index (χ3v) is 4.05. The van der Waals surface area contributed by atoms with Gasteiger partial charge in [0.05, 0.1) is 11.0 Å². The number of imidazole rings is 1. The highest BCUT2D eigenvalue weighted by Crippen LogP contribution is 2.25. The molecule has 2 aromatic heterocycles. The number of nitrogens with zero attached hydrogens (tertiary/aromatic N) is 3. The highest BCUT2D eigenvalue weighted by Gasteiger charge is 2.12. The van der Waals surface area contributed by atoms with Crippen LogP contribution in [0, 0.1) is 6.92 Å². The van der Waals surface area contributed by atoms with Crippen molar-refractivity contribution in [3.8, 4) is 0 Å². The second-order valence-electron chi connectivity index (χ2n) is 5.87. The van der Waals surface area contributed by atoms with Crippen molar-refractivity contribution in [3.63, 3.8) is 0 Å². The molecular weight excluding hydrogens is 304 g/mol. The first-order chi connectivity index (χ1) is 11.5. The smallest absolute Gasteiger partial charge is 0.302 e. The van der Waals surface area contributed by atoms with Crippen LogP contribution in [0.15, 0.2) is 40.8 Å². The van der Waals surface area contributed by atoms with Crippen molar-refractivity contribution in [2.24, 2.45) is 7.05 Å². The number of hydrogen-bond acceptors (Lipinski definition) is 5. The Balaban J connectivity index is 1.73. The van der Waals surface area contributed by atoms with Crippen LogP contribution in [0.25, 0.3) is 22.1 Å². The van der Waals surface area contributed by atoms with Crippen molar-refractivity contribution in [1.82, 2.24) is 14.5 Å². The fourth-order valence-electron chi connectivity index (χ4n) is 2.71. The predicted octanol–water partition coefficient (Wildman–Crippen LogP) is 3.97. The minimum absolute atomic E-state index is 0.00599. The lowest BCUT2D eigenvalue weighted by atomic mass is 10.1. The molecule has 0 amide bonds. The number of ketones is 1. The van der Waals surface area contributed by atoms with Crippen molar-refractivity contribution in [2.75, 3.05) is 5.32 Å². The molecule has 0 spiro atoms. The highest BCUT2D eigenvalue weighted by molar-refractivity contribution is 5.97. The van der Waals surface area contributed by atoms with Crippen LogP contribution in [0.2, 0.25) is 0 Å². The molecule has 0 bridgehead atoms. The van der Waals surface area contributed by atoms with E-state index >= 15 is 0 Å².